The van der Waals surface area contributed by atoms with Gasteiger partial charge in [0.05, 0.1) is 17.4 Å². The van der Waals surface area contributed by atoms with Crippen molar-refractivity contribution in [3.63, 3.8) is 0 Å². The van der Waals surface area contributed by atoms with E-state index >= 15 is 0 Å². The SMILES string of the molecule is Cc1cccc(N/N=C\c2cc3ccc(C)cc3nc2Cl)c1. The number of halogens is 1. The summed E-state index contributed by atoms with van der Waals surface area (Å²) in [5, 5.41) is 5.74. The molecule has 0 aliphatic rings. The van der Waals surface area contributed by atoms with Gasteiger partial charge in [-0.2, -0.15) is 5.10 Å². The number of nitrogens with one attached hydrogen (secondary N) is 1. The second-order valence-corrected chi connectivity index (χ2v) is 5.66. The molecule has 22 heavy (non-hydrogen) atoms. The molecule has 0 unspecified atom stereocenters. The van der Waals surface area contributed by atoms with Crippen molar-refractivity contribution in [1.29, 1.82) is 0 Å². The monoisotopic (exact) mass is 309 g/mol. The van der Waals surface area contributed by atoms with Gasteiger partial charge in [0.15, 0.2) is 0 Å². The first-order valence-corrected chi connectivity index (χ1v) is 7.42. The summed E-state index contributed by atoms with van der Waals surface area (Å²) >= 11 is 6.23. The van der Waals surface area contributed by atoms with E-state index in [0.717, 1.165) is 22.2 Å². The molecular formula is C18H16ClN3. The van der Waals surface area contributed by atoms with Gasteiger partial charge in [-0.25, -0.2) is 4.98 Å². The van der Waals surface area contributed by atoms with Crippen LogP contribution in [0.3, 0.4) is 0 Å². The molecule has 1 N–H and O–H groups in total. The zero-order valence-electron chi connectivity index (χ0n) is 12.5. The number of nitrogens with zero attached hydrogens (tertiary/aromatic N) is 2. The number of aryl methyl sites for hydroxylation is 2. The fraction of sp³-hybridized carbons (Fsp3) is 0.111. The van der Waals surface area contributed by atoms with E-state index in [1.165, 1.54) is 11.1 Å². The van der Waals surface area contributed by atoms with Crippen molar-refractivity contribution in [2.24, 2.45) is 5.10 Å². The summed E-state index contributed by atoms with van der Waals surface area (Å²) < 4.78 is 0. The van der Waals surface area contributed by atoms with E-state index in [4.69, 9.17) is 11.6 Å². The van der Waals surface area contributed by atoms with Gasteiger partial charge in [0.1, 0.15) is 5.15 Å². The molecule has 2 aromatic carbocycles. The summed E-state index contributed by atoms with van der Waals surface area (Å²) in [6, 6.07) is 16.1. The van der Waals surface area contributed by atoms with Gasteiger partial charge in [-0.3, -0.25) is 5.43 Å². The quantitative estimate of drug-likeness (QED) is 0.422. The lowest BCUT2D eigenvalue weighted by atomic mass is 10.1. The summed E-state index contributed by atoms with van der Waals surface area (Å²) in [5.41, 5.74) is 7.98. The number of hydrogen-bond acceptors (Lipinski definition) is 3. The molecule has 0 atom stereocenters. The second-order valence-electron chi connectivity index (χ2n) is 5.30. The first-order valence-electron chi connectivity index (χ1n) is 7.04. The van der Waals surface area contributed by atoms with Gasteiger partial charge in [-0.1, -0.05) is 35.9 Å². The van der Waals surface area contributed by atoms with Gasteiger partial charge in [-0.05, 0) is 49.2 Å². The predicted molar refractivity (Wildman–Crippen MR) is 93.9 cm³/mol. The molecular weight excluding hydrogens is 294 g/mol. The number of benzene rings is 2. The maximum absolute atomic E-state index is 6.23. The van der Waals surface area contributed by atoms with Gasteiger partial charge < -0.3 is 0 Å². The van der Waals surface area contributed by atoms with E-state index in [0.29, 0.717) is 5.15 Å². The fourth-order valence-corrected chi connectivity index (χ4v) is 2.45. The average molecular weight is 310 g/mol. The molecule has 0 aliphatic heterocycles. The van der Waals surface area contributed by atoms with Crippen molar-refractivity contribution >= 4 is 34.4 Å². The lowest BCUT2D eigenvalue weighted by Gasteiger charge is -2.04. The van der Waals surface area contributed by atoms with Crippen LogP contribution in [-0.4, -0.2) is 11.2 Å². The van der Waals surface area contributed by atoms with Crippen LogP contribution in [0.2, 0.25) is 5.15 Å². The third kappa shape index (κ3) is 3.26. The minimum Gasteiger partial charge on any atom is -0.278 e. The zero-order chi connectivity index (χ0) is 15.5. The Morgan fingerprint density at radius 3 is 2.68 bits per heavy atom. The van der Waals surface area contributed by atoms with E-state index in [9.17, 15) is 0 Å². The number of fused-ring (bicyclic) bond motifs is 1. The second kappa shape index (κ2) is 6.16. The van der Waals surface area contributed by atoms with Gasteiger partial charge in [-0.15, -0.1) is 0 Å². The van der Waals surface area contributed by atoms with Crippen molar-refractivity contribution in [3.05, 3.63) is 70.4 Å². The lowest BCUT2D eigenvalue weighted by molar-refractivity contribution is 1.32. The Balaban J connectivity index is 1.85. The minimum atomic E-state index is 0.452. The Morgan fingerprint density at radius 2 is 1.86 bits per heavy atom. The molecule has 1 aromatic heterocycles. The maximum Gasteiger partial charge on any atom is 0.138 e. The van der Waals surface area contributed by atoms with Crippen molar-refractivity contribution in [3.8, 4) is 0 Å². The molecule has 4 heteroatoms. The molecule has 0 spiro atoms. The Hall–Kier alpha value is -2.39. The van der Waals surface area contributed by atoms with Crippen LogP contribution in [0, 0.1) is 13.8 Å². The van der Waals surface area contributed by atoms with Gasteiger partial charge in [0.2, 0.25) is 0 Å². The van der Waals surface area contributed by atoms with E-state index in [2.05, 4.69) is 21.6 Å². The average Bonchev–Trinajstić information content (AvgIpc) is 2.48. The Bertz CT molecular complexity index is 856. The minimum absolute atomic E-state index is 0.452. The Labute approximate surface area is 134 Å². The van der Waals surface area contributed by atoms with Crippen LogP contribution in [0.15, 0.2) is 53.6 Å². The largest absolute Gasteiger partial charge is 0.278 e. The number of rotatable bonds is 3. The highest BCUT2D eigenvalue weighted by atomic mass is 35.5. The molecule has 3 nitrogen and oxygen atoms in total. The van der Waals surface area contributed by atoms with E-state index in [-0.39, 0.29) is 0 Å². The predicted octanol–water partition coefficient (Wildman–Crippen LogP) is 4.95. The van der Waals surface area contributed by atoms with Crippen LogP contribution in [-0.2, 0) is 0 Å². The van der Waals surface area contributed by atoms with Crippen molar-refractivity contribution in [2.45, 2.75) is 13.8 Å². The highest BCUT2D eigenvalue weighted by Gasteiger charge is 2.03. The number of hydrazone groups is 1. The standard InChI is InChI=1S/C18H16ClN3/c1-12-4-3-5-16(8-12)22-20-11-15-10-14-7-6-13(2)9-17(14)21-18(15)19/h3-11,22H,1-2H3/b20-11-. The summed E-state index contributed by atoms with van der Waals surface area (Å²) in [6.45, 7) is 4.08. The molecule has 1 heterocycles. The third-order valence-corrected chi connectivity index (χ3v) is 3.67. The van der Waals surface area contributed by atoms with Crippen LogP contribution >= 0.6 is 11.6 Å². The number of hydrogen-bond donors (Lipinski definition) is 1. The first kappa shape index (κ1) is 14.5. The van der Waals surface area contributed by atoms with Gasteiger partial charge in [0.25, 0.3) is 0 Å². The molecule has 0 saturated heterocycles. The van der Waals surface area contributed by atoms with E-state index in [1.54, 1.807) is 6.21 Å². The van der Waals surface area contributed by atoms with Crippen LogP contribution in [0.5, 0.6) is 0 Å². The zero-order valence-corrected chi connectivity index (χ0v) is 13.2. The molecule has 0 bridgehead atoms. The summed E-state index contributed by atoms with van der Waals surface area (Å²) in [5.74, 6) is 0. The molecule has 0 amide bonds. The molecule has 0 aliphatic carbocycles. The maximum atomic E-state index is 6.23. The smallest absolute Gasteiger partial charge is 0.138 e. The molecule has 0 saturated carbocycles. The highest BCUT2D eigenvalue weighted by molar-refractivity contribution is 6.32. The van der Waals surface area contributed by atoms with Crippen molar-refractivity contribution < 1.29 is 0 Å². The van der Waals surface area contributed by atoms with Crippen molar-refractivity contribution in [2.75, 3.05) is 5.43 Å². The van der Waals surface area contributed by atoms with Crippen LogP contribution in [0.1, 0.15) is 16.7 Å². The third-order valence-electron chi connectivity index (χ3n) is 3.37. The van der Waals surface area contributed by atoms with Crippen LogP contribution in [0.4, 0.5) is 5.69 Å². The molecule has 110 valence electrons. The summed E-state index contributed by atoms with van der Waals surface area (Å²) in [7, 11) is 0. The fourth-order valence-electron chi connectivity index (χ4n) is 2.25. The van der Waals surface area contributed by atoms with Gasteiger partial charge in [0, 0.05) is 10.9 Å². The molecule has 3 aromatic rings. The number of aromatic nitrogens is 1. The number of pyridine rings is 1. The Morgan fingerprint density at radius 1 is 1.05 bits per heavy atom. The number of anilines is 1. The summed E-state index contributed by atoms with van der Waals surface area (Å²) in [6.07, 6.45) is 1.69. The topological polar surface area (TPSA) is 37.3 Å². The summed E-state index contributed by atoms with van der Waals surface area (Å²) in [4.78, 5) is 4.42. The van der Waals surface area contributed by atoms with E-state index in [1.807, 2.05) is 56.3 Å². The normalized spacial score (nSPS) is 11.2. The van der Waals surface area contributed by atoms with Crippen LogP contribution < -0.4 is 5.43 Å². The van der Waals surface area contributed by atoms with E-state index < -0.39 is 0 Å². The first-order chi connectivity index (χ1) is 10.6. The molecule has 3 rings (SSSR count). The van der Waals surface area contributed by atoms with Gasteiger partial charge >= 0.3 is 0 Å². The molecule has 0 fully saturated rings. The van der Waals surface area contributed by atoms with Crippen LogP contribution in [0.25, 0.3) is 10.9 Å². The van der Waals surface area contributed by atoms with Crippen molar-refractivity contribution in [1.82, 2.24) is 4.98 Å². The highest BCUT2D eigenvalue weighted by Crippen LogP contribution is 2.20. The molecule has 0 radical (unpaired) electrons. The lowest BCUT2D eigenvalue weighted by Crippen LogP contribution is -1.93. The Kier molecular flexibility index (Phi) is 4.07.